The van der Waals surface area contributed by atoms with Gasteiger partial charge in [-0.05, 0) is 36.9 Å². The lowest BCUT2D eigenvalue weighted by Gasteiger charge is -2.07. The molecule has 0 unspecified atom stereocenters. The van der Waals surface area contributed by atoms with Crippen molar-refractivity contribution in [3.05, 3.63) is 29.6 Å². The second-order valence-corrected chi connectivity index (χ2v) is 4.87. The monoisotopic (exact) mass is 236 g/mol. The molecule has 1 aromatic rings. The number of aryl methyl sites for hydroxylation is 1. The minimum absolute atomic E-state index is 0.626. The third kappa shape index (κ3) is 7.08. The van der Waals surface area contributed by atoms with Gasteiger partial charge in [-0.3, -0.25) is 4.98 Å². The Hall–Kier alpha value is -0.930. The maximum absolute atomic E-state index is 5.51. The Labute approximate surface area is 105 Å². The van der Waals surface area contributed by atoms with Gasteiger partial charge in [0.15, 0.2) is 0 Å². The maximum atomic E-state index is 5.51. The predicted octanol–water partition coefficient (Wildman–Crippen LogP) is 2.54. The van der Waals surface area contributed by atoms with Gasteiger partial charge in [-0.1, -0.05) is 19.9 Å². The fourth-order valence-electron chi connectivity index (χ4n) is 1.57. The molecule has 3 heteroatoms. The zero-order chi connectivity index (χ0) is 12.5. The summed E-state index contributed by atoms with van der Waals surface area (Å²) in [5.74, 6) is 0.626. The topological polar surface area (TPSA) is 34.2 Å². The minimum atomic E-state index is 0.626. The number of aromatic nitrogens is 1. The van der Waals surface area contributed by atoms with Crippen LogP contribution in [0.5, 0.6) is 0 Å². The summed E-state index contributed by atoms with van der Waals surface area (Å²) in [7, 11) is 0. The molecular weight excluding hydrogens is 212 g/mol. The predicted molar refractivity (Wildman–Crippen MR) is 71.0 cm³/mol. The lowest BCUT2D eigenvalue weighted by Crippen LogP contribution is -2.17. The van der Waals surface area contributed by atoms with E-state index < -0.39 is 0 Å². The van der Waals surface area contributed by atoms with Gasteiger partial charge in [-0.2, -0.15) is 0 Å². The van der Waals surface area contributed by atoms with E-state index in [0.717, 1.165) is 32.7 Å². The molecule has 0 spiro atoms. The highest BCUT2D eigenvalue weighted by Gasteiger charge is 1.95. The zero-order valence-electron chi connectivity index (χ0n) is 11.2. The molecule has 0 saturated carbocycles. The van der Waals surface area contributed by atoms with Crippen molar-refractivity contribution < 1.29 is 4.74 Å². The Morgan fingerprint density at radius 1 is 1.35 bits per heavy atom. The van der Waals surface area contributed by atoms with Gasteiger partial charge < -0.3 is 10.1 Å². The molecule has 96 valence electrons. The van der Waals surface area contributed by atoms with E-state index >= 15 is 0 Å². The van der Waals surface area contributed by atoms with E-state index in [1.54, 1.807) is 0 Å². The van der Waals surface area contributed by atoms with Gasteiger partial charge in [0.1, 0.15) is 0 Å². The number of ether oxygens (including phenoxy) is 1. The van der Waals surface area contributed by atoms with E-state index in [-0.39, 0.29) is 0 Å². The van der Waals surface area contributed by atoms with E-state index in [0.29, 0.717) is 5.92 Å². The normalized spacial score (nSPS) is 11.1. The van der Waals surface area contributed by atoms with Crippen LogP contribution in [-0.4, -0.2) is 24.7 Å². The van der Waals surface area contributed by atoms with Crippen molar-refractivity contribution >= 4 is 0 Å². The van der Waals surface area contributed by atoms with Crippen LogP contribution in [-0.2, 0) is 11.3 Å². The standard InChI is InChI=1S/C14H24N2O/c1-12(2)11-17-6-4-5-15-9-14-7-13(3)8-16-10-14/h7-8,10,12,15H,4-6,9,11H2,1-3H3. The summed E-state index contributed by atoms with van der Waals surface area (Å²) in [6.07, 6.45) is 4.85. The van der Waals surface area contributed by atoms with Crippen molar-refractivity contribution in [2.75, 3.05) is 19.8 Å². The molecular formula is C14H24N2O. The van der Waals surface area contributed by atoms with E-state index in [1.807, 2.05) is 12.4 Å². The van der Waals surface area contributed by atoms with Crippen LogP contribution in [0.25, 0.3) is 0 Å². The highest BCUT2D eigenvalue weighted by atomic mass is 16.5. The Balaban J connectivity index is 2.01. The first-order valence-corrected chi connectivity index (χ1v) is 6.37. The first-order valence-electron chi connectivity index (χ1n) is 6.37. The largest absolute Gasteiger partial charge is 0.381 e. The number of rotatable bonds is 8. The molecule has 0 radical (unpaired) electrons. The highest BCUT2D eigenvalue weighted by Crippen LogP contribution is 2.00. The molecule has 1 rings (SSSR count). The van der Waals surface area contributed by atoms with E-state index in [1.165, 1.54) is 11.1 Å². The van der Waals surface area contributed by atoms with Crippen LogP contribution in [0.4, 0.5) is 0 Å². The van der Waals surface area contributed by atoms with Crippen LogP contribution in [0.2, 0.25) is 0 Å². The van der Waals surface area contributed by atoms with Crippen molar-refractivity contribution in [3.63, 3.8) is 0 Å². The molecule has 0 aliphatic heterocycles. The van der Waals surface area contributed by atoms with Crippen LogP contribution in [0.3, 0.4) is 0 Å². The average Bonchev–Trinajstić information content (AvgIpc) is 2.27. The van der Waals surface area contributed by atoms with E-state index in [9.17, 15) is 0 Å². The van der Waals surface area contributed by atoms with Gasteiger partial charge >= 0.3 is 0 Å². The number of nitrogens with one attached hydrogen (secondary N) is 1. The third-order valence-electron chi connectivity index (χ3n) is 2.35. The van der Waals surface area contributed by atoms with Crippen LogP contribution in [0.1, 0.15) is 31.4 Å². The van der Waals surface area contributed by atoms with Crippen molar-refractivity contribution in [3.8, 4) is 0 Å². The molecule has 0 fully saturated rings. The number of nitrogens with zero attached hydrogens (tertiary/aromatic N) is 1. The van der Waals surface area contributed by atoms with Crippen LogP contribution in [0, 0.1) is 12.8 Å². The SMILES string of the molecule is Cc1cncc(CNCCCOCC(C)C)c1. The number of hydrogen-bond acceptors (Lipinski definition) is 3. The second-order valence-electron chi connectivity index (χ2n) is 4.87. The van der Waals surface area contributed by atoms with Crippen LogP contribution < -0.4 is 5.32 Å². The van der Waals surface area contributed by atoms with Crippen LogP contribution >= 0.6 is 0 Å². The molecule has 0 bridgehead atoms. The quantitative estimate of drug-likeness (QED) is 0.704. The molecule has 0 aliphatic rings. The Bertz CT molecular complexity index is 313. The molecule has 1 aromatic heterocycles. The van der Waals surface area contributed by atoms with Crippen molar-refractivity contribution in [1.82, 2.24) is 10.3 Å². The molecule has 17 heavy (non-hydrogen) atoms. The molecule has 1 heterocycles. The summed E-state index contributed by atoms with van der Waals surface area (Å²) in [6.45, 7) is 9.99. The van der Waals surface area contributed by atoms with Crippen LogP contribution in [0.15, 0.2) is 18.5 Å². The van der Waals surface area contributed by atoms with E-state index in [2.05, 4.69) is 37.1 Å². The number of pyridine rings is 1. The van der Waals surface area contributed by atoms with Gasteiger partial charge in [0.2, 0.25) is 0 Å². The third-order valence-corrected chi connectivity index (χ3v) is 2.35. The summed E-state index contributed by atoms with van der Waals surface area (Å²) in [5, 5.41) is 3.40. The summed E-state index contributed by atoms with van der Waals surface area (Å²) < 4.78 is 5.51. The number of hydrogen-bond donors (Lipinski definition) is 1. The van der Waals surface area contributed by atoms with Gasteiger partial charge in [-0.15, -0.1) is 0 Å². The van der Waals surface area contributed by atoms with Gasteiger partial charge in [0, 0.05) is 32.2 Å². The maximum Gasteiger partial charge on any atom is 0.0489 e. The lowest BCUT2D eigenvalue weighted by atomic mass is 10.2. The fraction of sp³-hybridized carbons (Fsp3) is 0.643. The van der Waals surface area contributed by atoms with Crippen molar-refractivity contribution in [2.45, 2.75) is 33.7 Å². The second kappa shape index (κ2) is 8.20. The smallest absolute Gasteiger partial charge is 0.0489 e. The fourth-order valence-corrected chi connectivity index (χ4v) is 1.57. The summed E-state index contributed by atoms with van der Waals surface area (Å²) >= 11 is 0. The first-order chi connectivity index (χ1) is 8.18. The van der Waals surface area contributed by atoms with Gasteiger partial charge in [0.05, 0.1) is 0 Å². The van der Waals surface area contributed by atoms with Crippen molar-refractivity contribution in [2.24, 2.45) is 5.92 Å². The molecule has 3 nitrogen and oxygen atoms in total. The molecule has 1 N–H and O–H groups in total. The Kier molecular flexibility index (Phi) is 6.82. The summed E-state index contributed by atoms with van der Waals surface area (Å²) in [4.78, 5) is 4.17. The highest BCUT2D eigenvalue weighted by molar-refractivity contribution is 5.16. The Morgan fingerprint density at radius 2 is 2.18 bits per heavy atom. The van der Waals surface area contributed by atoms with Crippen molar-refractivity contribution in [1.29, 1.82) is 0 Å². The molecule has 0 amide bonds. The minimum Gasteiger partial charge on any atom is -0.381 e. The molecule has 0 saturated heterocycles. The summed E-state index contributed by atoms with van der Waals surface area (Å²) in [6, 6.07) is 2.16. The first kappa shape index (κ1) is 14.1. The molecule has 0 atom stereocenters. The van der Waals surface area contributed by atoms with Gasteiger partial charge in [-0.25, -0.2) is 0 Å². The van der Waals surface area contributed by atoms with Gasteiger partial charge in [0.25, 0.3) is 0 Å². The lowest BCUT2D eigenvalue weighted by molar-refractivity contribution is 0.108. The van der Waals surface area contributed by atoms with E-state index in [4.69, 9.17) is 4.74 Å². The summed E-state index contributed by atoms with van der Waals surface area (Å²) in [5.41, 5.74) is 2.46. The zero-order valence-corrected chi connectivity index (χ0v) is 11.2. The molecule has 0 aromatic carbocycles. The Morgan fingerprint density at radius 3 is 2.88 bits per heavy atom. The average molecular weight is 236 g/mol. The molecule has 0 aliphatic carbocycles.